The van der Waals surface area contributed by atoms with Gasteiger partial charge in [0.1, 0.15) is 23.4 Å². The van der Waals surface area contributed by atoms with Gasteiger partial charge in [0.15, 0.2) is 0 Å². The van der Waals surface area contributed by atoms with Crippen LogP contribution in [0.5, 0.6) is 5.75 Å². The van der Waals surface area contributed by atoms with Gasteiger partial charge < -0.3 is 25.0 Å². The Labute approximate surface area is 258 Å². The fourth-order valence-electron chi connectivity index (χ4n) is 5.12. The molecule has 0 radical (unpaired) electrons. The van der Waals surface area contributed by atoms with Gasteiger partial charge in [0.25, 0.3) is 5.91 Å². The van der Waals surface area contributed by atoms with Gasteiger partial charge in [0.2, 0.25) is 5.91 Å². The van der Waals surface area contributed by atoms with E-state index >= 15 is 0 Å². The van der Waals surface area contributed by atoms with Crippen LogP contribution in [0.3, 0.4) is 0 Å². The Morgan fingerprint density at radius 1 is 0.907 bits per heavy atom. The zero-order chi connectivity index (χ0) is 32.2. The second kappa shape index (κ2) is 16.9. The molecule has 238 valence electrons. The number of rotatable bonds is 15. The van der Waals surface area contributed by atoms with Gasteiger partial charge >= 0.3 is 6.09 Å². The van der Waals surface area contributed by atoms with Gasteiger partial charge in [-0.2, -0.15) is 0 Å². The van der Waals surface area contributed by atoms with Gasteiger partial charge in [0, 0.05) is 12.2 Å². The first-order valence-electron chi connectivity index (χ1n) is 15.6. The largest absolute Gasteiger partial charge is 0.497 e. The van der Waals surface area contributed by atoms with E-state index in [0.717, 1.165) is 48.8 Å². The topological polar surface area (TPSA) is 97.0 Å². The first-order chi connectivity index (χ1) is 20.2. The summed E-state index contributed by atoms with van der Waals surface area (Å²) in [7, 11) is 1.59. The third-order valence-electron chi connectivity index (χ3n) is 6.96. The van der Waals surface area contributed by atoms with E-state index < -0.39 is 23.8 Å². The maximum atomic E-state index is 14.5. The van der Waals surface area contributed by atoms with Crippen LogP contribution >= 0.6 is 0 Å². The highest BCUT2D eigenvalue weighted by molar-refractivity contribution is 5.99. The summed E-state index contributed by atoms with van der Waals surface area (Å²) in [4.78, 5) is 43.2. The van der Waals surface area contributed by atoms with E-state index in [2.05, 4.69) is 17.6 Å². The van der Waals surface area contributed by atoms with Crippen LogP contribution in [0.1, 0.15) is 103 Å². The normalized spacial score (nSPS) is 12.8. The molecule has 2 unspecified atom stereocenters. The minimum Gasteiger partial charge on any atom is -0.497 e. The summed E-state index contributed by atoms with van der Waals surface area (Å²) in [6.07, 6.45) is 4.70. The summed E-state index contributed by atoms with van der Waals surface area (Å²) >= 11 is 0. The number of methoxy groups -OCH3 is 1. The number of aryl methyl sites for hydroxylation is 2. The van der Waals surface area contributed by atoms with Crippen molar-refractivity contribution < 1.29 is 23.9 Å². The van der Waals surface area contributed by atoms with Crippen molar-refractivity contribution in [2.45, 2.75) is 112 Å². The molecule has 0 saturated heterocycles. The van der Waals surface area contributed by atoms with E-state index in [0.29, 0.717) is 24.4 Å². The molecule has 2 aromatic carbocycles. The van der Waals surface area contributed by atoms with Gasteiger partial charge in [-0.25, -0.2) is 4.79 Å². The molecule has 2 rings (SSSR count). The van der Waals surface area contributed by atoms with Gasteiger partial charge in [-0.05, 0) is 83.2 Å². The Morgan fingerprint density at radius 3 is 2.05 bits per heavy atom. The first-order valence-corrected chi connectivity index (χ1v) is 15.6. The fourth-order valence-corrected chi connectivity index (χ4v) is 5.12. The third-order valence-corrected chi connectivity index (χ3v) is 6.96. The lowest BCUT2D eigenvalue weighted by molar-refractivity contribution is -0.141. The number of alkyl carbamates (subject to hydrolysis) is 1. The molecule has 0 aliphatic heterocycles. The lowest BCUT2D eigenvalue weighted by Gasteiger charge is -2.35. The molecule has 0 aromatic heterocycles. The predicted octanol–water partition coefficient (Wildman–Crippen LogP) is 7.73. The SMILES string of the molecule is CCCCCCCN(C(=O)C(CC(C)C)NC(=O)OC(C)(C)C)C(C(=O)Nc1ccc(OC)cc1)c1cc(C)cc(C)c1. The molecule has 2 atom stereocenters. The number of ether oxygens (including phenoxy) is 2. The summed E-state index contributed by atoms with van der Waals surface area (Å²) in [5.74, 6) is 0.169. The Bertz CT molecular complexity index is 1170. The van der Waals surface area contributed by atoms with Crippen LogP contribution in [0.25, 0.3) is 0 Å². The highest BCUT2D eigenvalue weighted by Crippen LogP contribution is 2.28. The van der Waals surface area contributed by atoms with Gasteiger partial charge in [-0.15, -0.1) is 0 Å². The van der Waals surface area contributed by atoms with Crippen molar-refractivity contribution in [3.05, 3.63) is 59.2 Å². The maximum absolute atomic E-state index is 14.5. The molecule has 0 aliphatic rings. The van der Waals surface area contributed by atoms with Crippen LogP contribution in [-0.4, -0.2) is 48.1 Å². The highest BCUT2D eigenvalue weighted by Gasteiger charge is 2.36. The van der Waals surface area contributed by atoms with Crippen LogP contribution in [0.2, 0.25) is 0 Å². The van der Waals surface area contributed by atoms with Crippen molar-refractivity contribution in [2.24, 2.45) is 5.92 Å². The number of nitrogens with zero attached hydrogens (tertiary/aromatic N) is 1. The predicted molar refractivity (Wildman–Crippen MR) is 173 cm³/mol. The monoisotopic (exact) mass is 595 g/mol. The molecule has 8 heteroatoms. The zero-order valence-electron chi connectivity index (χ0n) is 27.7. The van der Waals surface area contributed by atoms with E-state index in [1.165, 1.54) is 0 Å². The molecule has 0 saturated carbocycles. The molecule has 0 heterocycles. The molecule has 2 N–H and O–H groups in total. The lowest BCUT2D eigenvalue weighted by atomic mass is 9.96. The Morgan fingerprint density at radius 2 is 1.51 bits per heavy atom. The number of anilines is 1. The van der Waals surface area contributed by atoms with Gasteiger partial charge in [-0.1, -0.05) is 75.8 Å². The standard InChI is InChI=1S/C35H53N3O5/c1-10-11-12-13-14-19-38(33(40)30(20-24(2)3)37-34(41)43-35(6,7)8)31(27-22-25(4)21-26(5)23-27)32(39)36-28-15-17-29(42-9)18-16-28/h15-18,21-24,30-31H,10-14,19-20H2,1-9H3,(H,36,39)(H,37,41). The van der Waals surface area contributed by atoms with Crippen molar-refractivity contribution in [3.8, 4) is 5.75 Å². The number of benzene rings is 2. The average Bonchev–Trinajstić information content (AvgIpc) is 2.90. The highest BCUT2D eigenvalue weighted by atomic mass is 16.6. The molecular formula is C35H53N3O5. The number of hydrogen-bond donors (Lipinski definition) is 2. The van der Waals surface area contributed by atoms with E-state index in [1.807, 2.05) is 45.9 Å². The van der Waals surface area contributed by atoms with Crippen molar-refractivity contribution in [1.82, 2.24) is 10.2 Å². The second-order valence-electron chi connectivity index (χ2n) is 12.8. The number of hydrogen-bond acceptors (Lipinski definition) is 5. The van der Waals surface area contributed by atoms with Crippen molar-refractivity contribution in [2.75, 3.05) is 19.0 Å². The quantitative estimate of drug-likeness (QED) is 0.205. The fraction of sp³-hybridized carbons (Fsp3) is 0.571. The summed E-state index contributed by atoms with van der Waals surface area (Å²) in [5, 5.41) is 5.86. The van der Waals surface area contributed by atoms with Gasteiger partial charge in [-0.3, -0.25) is 9.59 Å². The molecule has 3 amide bonds. The number of carbonyl (C=O) groups excluding carboxylic acids is 3. The minimum absolute atomic E-state index is 0.114. The van der Waals surface area contributed by atoms with Crippen molar-refractivity contribution in [1.29, 1.82) is 0 Å². The molecule has 0 fully saturated rings. The number of amides is 3. The van der Waals surface area contributed by atoms with Crippen LogP contribution in [0.4, 0.5) is 10.5 Å². The minimum atomic E-state index is -0.908. The van der Waals surface area contributed by atoms with Crippen molar-refractivity contribution in [3.63, 3.8) is 0 Å². The van der Waals surface area contributed by atoms with E-state index in [1.54, 1.807) is 57.0 Å². The Hall–Kier alpha value is -3.55. The lowest BCUT2D eigenvalue weighted by Crippen LogP contribution is -2.53. The number of carbonyl (C=O) groups is 3. The summed E-state index contributed by atoms with van der Waals surface area (Å²) < 4.78 is 10.8. The van der Waals surface area contributed by atoms with Crippen LogP contribution in [0.15, 0.2) is 42.5 Å². The van der Waals surface area contributed by atoms with E-state index in [4.69, 9.17) is 9.47 Å². The van der Waals surface area contributed by atoms with Crippen LogP contribution < -0.4 is 15.4 Å². The van der Waals surface area contributed by atoms with Crippen LogP contribution in [0, 0.1) is 19.8 Å². The van der Waals surface area contributed by atoms with Gasteiger partial charge in [0.05, 0.1) is 7.11 Å². The molecule has 0 spiro atoms. The number of unbranched alkanes of at least 4 members (excludes halogenated alkanes) is 4. The van der Waals surface area contributed by atoms with Crippen molar-refractivity contribution >= 4 is 23.6 Å². The summed E-state index contributed by atoms with van der Waals surface area (Å²) in [6.45, 7) is 15.9. The zero-order valence-corrected chi connectivity index (χ0v) is 27.7. The van der Waals surface area contributed by atoms with E-state index in [9.17, 15) is 14.4 Å². The molecule has 0 bridgehead atoms. The molecule has 8 nitrogen and oxygen atoms in total. The molecule has 43 heavy (non-hydrogen) atoms. The molecule has 2 aromatic rings. The van der Waals surface area contributed by atoms with E-state index in [-0.39, 0.29) is 17.7 Å². The average molecular weight is 596 g/mol. The number of nitrogens with one attached hydrogen (secondary N) is 2. The molecular weight excluding hydrogens is 542 g/mol. The maximum Gasteiger partial charge on any atom is 0.408 e. The second-order valence-corrected chi connectivity index (χ2v) is 12.8. The molecule has 0 aliphatic carbocycles. The third kappa shape index (κ3) is 12.3. The Kier molecular flexibility index (Phi) is 14.0. The van der Waals surface area contributed by atoms with Crippen LogP contribution in [-0.2, 0) is 14.3 Å². The Balaban J connectivity index is 2.57. The summed E-state index contributed by atoms with van der Waals surface area (Å²) in [5.41, 5.74) is 2.61. The first kappa shape index (κ1) is 35.6. The smallest absolute Gasteiger partial charge is 0.408 e. The summed E-state index contributed by atoms with van der Waals surface area (Å²) in [6, 6.07) is 11.3.